The van der Waals surface area contributed by atoms with Crippen molar-refractivity contribution in [2.24, 2.45) is 17.8 Å². The van der Waals surface area contributed by atoms with Gasteiger partial charge in [-0.15, -0.1) is 0 Å². The van der Waals surface area contributed by atoms with Gasteiger partial charge in [0.25, 0.3) is 0 Å². The molecule has 5 N–H and O–H groups in total. The maximum Gasteiger partial charge on any atom is 0.308 e. The molecule has 9 heteroatoms. The van der Waals surface area contributed by atoms with Crippen molar-refractivity contribution in [3.63, 3.8) is 0 Å². The predicted octanol–water partition coefficient (Wildman–Crippen LogP) is -2.25. The number of aliphatic hydroxyl groups is 5. The average Bonchev–Trinajstić information content (AvgIpc) is 2.82. The van der Waals surface area contributed by atoms with Crippen LogP contribution in [0.5, 0.6) is 0 Å². The van der Waals surface area contributed by atoms with Crippen molar-refractivity contribution < 1.29 is 44.5 Å². The highest BCUT2D eigenvalue weighted by Crippen LogP contribution is 2.48. The molecule has 1 saturated carbocycles. The molecule has 0 aromatic rings. The number of carbonyl (C=O) groups excluding carboxylic acids is 1. The Kier molecular flexibility index (Phi) is 5.11. The van der Waals surface area contributed by atoms with Gasteiger partial charge in [0.2, 0.25) is 0 Å². The molecule has 3 fully saturated rings. The molecular formula is C16H26O9. The topological polar surface area (TPSA) is 146 Å². The summed E-state index contributed by atoms with van der Waals surface area (Å²) in [6, 6.07) is 0. The fourth-order valence-electron chi connectivity index (χ4n) is 4.18. The second-order valence-electron chi connectivity index (χ2n) is 7.47. The van der Waals surface area contributed by atoms with Gasteiger partial charge < -0.3 is 39.7 Å². The molecule has 0 unspecified atom stereocenters. The van der Waals surface area contributed by atoms with Gasteiger partial charge in [-0.1, -0.05) is 6.92 Å². The van der Waals surface area contributed by atoms with E-state index in [1.807, 2.05) is 0 Å². The van der Waals surface area contributed by atoms with Crippen LogP contribution in [0.15, 0.2) is 0 Å². The molecule has 0 amide bonds. The van der Waals surface area contributed by atoms with Gasteiger partial charge in [0.1, 0.15) is 24.4 Å². The monoisotopic (exact) mass is 362 g/mol. The number of aliphatic hydroxyl groups excluding tert-OH is 4. The Hall–Kier alpha value is -0.810. The molecule has 2 heterocycles. The Morgan fingerprint density at radius 1 is 1.24 bits per heavy atom. The summed E-state index contributed by atoms with van der Waals surface area (Å²) in [5.74, 6) is -1.14. The van der Waals surface area contributed by atoms with E-state index < -0.39 is 49.0 Å². The van der Waals surface area contributed by atoms with Crippen molar-refractivity contribution in [2.75, 3.05) is 13.2 Å². The smallest absolute Gasteiger partial charge is 0.308 e. The molecule has 25 heavy (non-hydrogen) atoms. The third-order valence-corrected chi connectivity index (χ3v) is 5.97. The molecule has 2 saturated heterocycles. The van der Waals surface area contributed by atoms with Crippen molar-refractivity contribution in [3.05, 3.63) is 0 Å². The van der Waals surface area contributed by atoms with Crippen LogP contribution in [0.25, 0.3) is 0 Å². The fourth-order valence-corrected chi connectivity index (χ4v) is 4.18. The molecule has 2 aliphatic heterocycles. The van der Waals surface area contributed by atoms with E-state index in [1.165, 1.54) is 0 Å². The van der Waals surface area contributed by atoms with E-state index in [1.54, 1.807) is 13.8 Å². The quantitative estimate of drug-likeness (QED) is 0.351. The first-order valence-corrected chi connectivity index (χ1v) is 8.53. The SMILES string of the molecule is C[C@H]1C(=O)OC[C@H]2[C@@H]1C[C@H](O[C@@H]1O[C@H](CO)[C@@H](O)[C@H](O)[C@H]1O)[C@@]2(C)O. The van der Waals surface area contributed by atoms with Crippen molar-refractivity contribution >= 4 is 5.97 Å². The summed E-state index contributed by atoms with van der Waals surface area (Å²) in [5.41, 5.74) is -1.32. The summed E-state index contributed by atoms with van der Waals surface area (Å²) in [7, 11) is 0. The standard InChI is InChI=1S/C16H26O9/c1-6-7-3-10(16(2,22)8(7)5-23-14(6)21)25-15-13(20)12(19)11(18)9(4-17)24-15/h6-13,15,17-20,22H,3-5H2,1-2H3/t6-,7-,8+,9-,10+,11-,12+,13-,15+,16+/m1/s1. The molecule has 3 aliphatic rings. The maximum atomic E-state index is 11.8. The number of hydrogen-bond donors (Lipinski definition) is 5. The second kappa shape index (κ2) is 6.73. The third kappa shape index (κ3) is 3.08. The molecule has 0 spiro atoms. The normalized spacial score (nSPS) is 53.4. The van der Waals surface area contributed by atoms with Crippen molar-refractivity contribution in [3.8, 4) is 0 Å². The van der Waals surface area contributed by atoms with Crippen molar-refractivity contribution in [1.82, 2.24) is 0 Å². The van der Waals surface area contributed by atoms with Crippen molar-refractivity contribution in [2.45, 2.75) is 62.7 Å². The summed E-state index contributed by atoms with van der Waals surface area (Å²) >= 11 is 0. The molecular weight excluding hydrogens is 336 g/mol. The molecule has 0 radical (unpaired) electrons. The van der Waals surface area contributed by atoms with E-state index in [2.05, 4.69) is 0 Å². The van der Waals surface area contributed by atoms with Crippen LogP contribution < -0.4 is 0 Å². The molecule has 10 atom stereocenters. The third-order valence-electron chi connectivity index (χ3n) is 5.97. The first-order valence-electron chi connectivity index (χ1n) is 8.53. The van der Waals surface area contributed by atoms with Crippen LogP contribution >= 0.6 is 0 Å². The number of rotatable bonds is 3. The molecule has 3 rings (SSSR count). The Bertz CT molecular complexity index is 508. The Balaban J connectivity index is 1.75. The number of ether oxygens (including phenoxy) is 3. The molecule has 1 aliphatic carbocycles. The van der Waals surface area contributed by atoms with Gasteiger partial charge in [-0.05, 0) is 19.3 Å². The van der Waals surface area contributed by atoms with Crippen LogP contribution in [0.3, 0.4) is 0 Å². The summed E-state index contributed by atoms with van der Waals surface area (Å²) < 4.78 is 16.2. The fraction of sp³-hybridized carbons (Fsp3) is 0.938. The molecule has 0 aromatic heterocycles. The van der Waals surface area contributed by atoms with Crippen LogP contribution in [0.4, 0.5) is 0 Å². The van der Waals surface area contributed by atoms with E-state index in [0.717, 1.165) is 0 Å². The molecule has 9 nitrogen and oxygen atoms in total. The summed E-state index contributed by atoms with van der Waals surface area (Å²) in [6.07, 6.45) is -7.36. The average molecular weight is 362 g/mol. The Labute approximate surface area is 145 Å². The van der Waals surface area contributed by atoms with Crippen LogP contribution in [0, 0.1) is 17.8 Å². The lowest BCUT2D eigenvalue weighted by Crippen LogP contribution is -2.60. The highest BCUT2D eigenvalue weighted by molar-refractivity contribution is 5.73. The highest BCUT2D eigenvalue weighted by atomic mass is 16.7. The van der Waals surface area contributed by atoms with Gasteiger partial charge in [0, 0.05) is 5.92 Å². The second-order valence-corrected chi connectivity index (χ2v) is 7.47. The highest BCUT2D eigenvalue weighted by Gasteiger charge is 2.58. The minimum atomic E-state index is -1.55. The summed E-state index contributed by atoms with van der Waals surface area (Å²) in [6.45, 7) is 2.86. The van der Waals surface area contributed by atoms with E-state index in [-0.39, 0.29) is 30.3 Å². The first kappa shape index (κ1) is 19.0. The van der Waals surface area contributed by atoms with Crippen LogP contribution in [-0.4, -0.2) is 87.1 Å². The van der Waals surface area contributed by atoms with E-state index in [9.17, 15) is 30.3 Å². The summed E-state index contributed by atoms with van der Waals surface area (Å²) in [5, 5.41) is 49.9. The predicted molar refractivity (Wildman–Crippen MR) is 81.0 cm³/mol. The van der Waals surface area contributed by atoms with Gasteiger partial charge in [-0.3, -0.25) is 4.79 Å². The van der Waals surface area contributed by atoms with Gasteiger partial charge in [-0.2, -0.15) is 0 Å². The zero-order valence-electron chi connectivity index (χ0n) is 14.2. The lowest BCUT2D eigenvalue weighted by Gasteiger charge is -2.42. The van der Waals surface area contributed by atoms with Crippen LogP contribution in [0.1, 0.15) is 20.3 Å². The first-order chi connectivity index (χ1) is 11.7. The number of hydrogen-bond acceptors (Lipinski definition) is 9. The number of carbonyl (C=O) groups is 1. The Morgan fingerprint density at radius 3 is 2.56 bits per heavy atom. The van der Waals surface area contributed by atoms with Crippen LogP contribution in [-0.2, 0) is 19.0 Å². The minimum absolute atomic E-state index is 0.0926. The summed E-state index contributed by atoms with van der Waals surface area (Å²) in [4.78, 5) is 11.8. The number of esters is 1. The van der Waals surface area contributed by atoms with E-state index >= 15 is 0 Å². The molecule has 144 valence electrons. The lowest BCUT2D eigenvalue weighted by molar-refractivity contribution is -0.321. The maximum absolute atomic E-state index is 11.8. The van der Waals surface area contributed by atoms with Crippen molar-refractivity contribution in [1.29, 1.82) is 0 Å². The number of fused-ring (bicyclic) bond motifs is 1. The van der Waals surface area contributed by atoms with Gasteiger partial charge >= 0.3 is 5.97 Å². The van der Waals surface area contributed by atoms with E-state index in [4.69, 9.17) is 14.2 Å². The van der Waals surface area contributed by atoms with Gasteiger partial charge in [0.05, 0.1) is 30.8 Å². The lowest BCUT2D eigenvalue weighted by atomic mass is 9.79. The number of cyclic esters (lactones) is 1. The largest absolute Gasteiger partial charge is 0.465 e. The zero-order chi connectivity index (χ0) is 18.5. The molecule has 0 aromatic carbocycles. The Morgan fingerprint density at radius 2 is 1.92 bits per heavy atom. The molecule has 0 bridgehead atoms. The zero-order valence-corrected chi connectivity index (χ0v) is 14.2. The van der Waals surface area contributed by atoms with Gasteiger partial charge in [0.15, 0.2) is 6.29 Å². The van der Waals surface area contributed by atoms with Crippen LogP contribution in [0.2, 0.25) is 0 Å². The minimum Gasteiger partial charge on any atom is -0.465 e. The van der Waals surface area contributed by atoms with E-state index in [0.29, 0.717) is 6.42 Å². The van der Waals surface area contributed by atoms with Gasteiger partial charge in [-0.25, -0.2) is 0 Å².